The van der Waals surface area contributed by atoms with Gasteiger partial charge in [-0.05, 0) is 24.0 Å². The number of hydrogen-bond acceptors (Lipinski definition) is 4. The number of urea groups is 1. The molecule has 0 saturated carbocycles. The van der Waals surface area contributed by atoms with Crippen LogP contribution in [0.15, 0.2) is 29.2 Å². The van der Waals surface area contributed by atoms with Gasteiger partial charge in [-0.15, -0.1) is 11.8 Å². The molecular formula is C15H19N3O3S. The Morgan fingerprint density at radius 2 is 1.91 bits per heavy atom. The highest BCUT2D eigenvalue weighted by atomic mass is 32.2. The summed E-state index contributed by atoms with van der Waals surface area (Å²) in [5.41, 5.74) is 1.00. The van der Waals surface area contributed by atoms with E-state index in [4.69, 9.17) is 0 Å². The molecule has 1 aromatic carbocycles. The molecule has 0 bridgehead atoms. The fraction of sp³-hybridized carbons (Fsp3) is 0.400. The Balaban J connectivity index is 1.94. The Kier molecular flexibility index (Phi) is 5.07. The molecule has 0 aliphatic carbocycles. The van der Waals surface area contributed by atoms with Crippen molar-refractivity contribution in [3.63, 3.8) is 0 Å². The first-order valence-corrected chi connectivity index (χ1v) is 8.07. The fourth-order valence-electron chi connectivity index (χ4n) is 2.17. The quantitative estimate of drug-likeness (QED) is 0.605. The average Bonchev–Trinajstić information content (AvgIpc) is 2.74. The Hall–Kier alpha value is -2.02. The monoisotopic (exact) mass is 321 g/mol. The van der Waals surface area contributed by atoms with Crippen LogP contribution in [0.5, 0.6) is 0 Å². The number of likely N-dealkylation sites (N-methyl/N-ethyl adjacent to an activating group) is 2. The summed E-state index contributed by atoms with van der Waals surface area (Å²) in [7, 11) is 3.21. The molecule has 0 aromatic heterocycles. The van der Waals surface area contributed by atoms with Gasteiger partial charge in [0.1, 0.15) is 13.1 Å². The van der Waals surface area contributed by atoms with E-state index < -0.39 is 6.03 Å². The molecule has 1 fully saturated rings. The molecular weight excluding hydrogens is 302 g/mol. The third-order valence-electron chi connectivity index (χ3n) is 3.53. The molecule has 0 N–H and O–H groups in total. The van der Waals surface area contributed by atoms with Gasteiger partial charge in [0.2, 0.25) is 5.91 Å². The van der Waals surface area contributed by atoms with Crippen molar-refractivity contribution in [1.29, 1.82) is 0 Å². The number of nitrogens with zero attached hydrogens (tertiary/aromatic N) is 3. The van der Waals surface area contributed by atoms with Crippen molar-refractivity contribution in [1.82, 2.24) is 14.7 Å². The van der Waals surface area contributed by atoms with Gasteiger partial charge in [-0.3, -0.25) is 14.5 Å². The van der Waals surface area contributed by atoms with E-state index in [1.54, 1.807) is 25.9 Å². The number of imide groups is 1. The lowest BCUT2D eigenvalue weighted by Gasteiger charge is -2.20. The minimum atomic E-state index is -0.420. The van der Waals surface area contributed by atoms with Gasteiger partial charge in [-0.25, -0.2) is 4.79 Å². The number of benzene rings is 1. The van der Waals surface area contributed by atoms with Crippen LogP contribution in [0.1, 0.15) is 5.56 Å². The highest BCUT2D eigenvalue weighted by Crippen LogP contribution is 2.16. The molecule has 2 rings (SSSR count). The van der Waals surface area contributed by atoms with Crippen molar-refractivity contribution in [2.45, 2.75) is 11.4 Å². The zero-order valence-electron chi connectivity index (χ0n) is 12.9. The van der Waals surface area contributed by atoms with Crippen LogP contribution in [-0.2, 0) is 16.1 Å². The van der Waals surface area contributed by atoms with Crippen LogP contribution in [0, 0.1) is 0 Å². The summed E-state index contributed by atoms with van der Waals surface area (Å²) in [5, 5.41) is 0. The number of amides is 4. The summed E-state index contributed by atoms with van der Waals surface area (Å²) < 4.78 is 0. The SMILES string of the molecule is CSc1ccc(CN(C)C(=O)CN2C(=O)CN(C)C2=O)cc1. The van der Waals surface area contributed by atoms with Gasteiger partial charge in [0.15, 0.2) is 0 Å². The van der Waals surface area contributed by atoms with Gasteiger partial charge in [-0.2, -0.15) is 0 Å². The predicted octanol–water partition coefficient (Wildman–Crippen LogP) is 1.26. The maximum Gasteiger partial charge on any atom is 0.327 e. The van der Waals surface area contributed by atoms with Crippen molar-refractivity contribution in [2.75, 3.05) is 33.4 Å². The Labute approximate surface area is 134 Å². The number of carbonyl (C=O) groups excluding carboxylic acids is 3. The van der Waals surface area contributed by atoms with Crippen LogP contribution in [0.2, 0.25) is 0 Å². The zero-order valence-corrected chi connectivity index (χ0v) is 13.7. The Morgan fingerprint density at radius 1 is 1.27 bits per heavy atom. The van der Waals surface area contributed by atoms with Crippen molar-refractivity contribution >= 4 is 29.6 Å². The summed E-state index contributed by atoms with van der Waals surface area (Å²) in [6, 6.07) is 7.52. The number of rotatable bonds is 5. The molecule has 1 aliphatic rings. The molecule has 0 radical (unpaired) electrons. The van der Waals surface area contributed by atoms with Gasteiger partial charge in [0.05, 0.1) is 0 Å². The van der Waals surface area contributed by atoms with E-state index in [0.717, 1.165) is 15.4 Å². The topological polar surface area (TPSA) is 60.9 Å². The van der Waals surface area contributed by atoms with E-state index in [1.807, 2.05) is 30.5 Å². The minimum absolute atomic E-state index is 0.0337. The lowest BCUT2D eigenvalue weighted by molar-refractivity contribution is -0.136. The zero-order chi connectivity index (χ0) is 16.3. The maximum atomic E-state index is 12.2. The third kappa shape index (κ3) is 3.59. The van der Waals surface area contributed by atoms with E-state index in [-0.39, 0.29) is 24.9 Å². The largest absolute Gasteiger partial charge is 0.340 e. The highest BCUT2D eigenvalue weighted by molar-refractivity contribution is 7.98. The fourth-order valence-corrected chi connectivity index (χ4v) is 2.58. The molecule has 1 saturated heterocycles. The first-order valence-electron chi connectivity index (χ1n) is 6.84. The Morgan fingerprint density at radius 3 is 2.41 bits per heavy atom. The summed E-state index contributed by atoms with van der Waals surface area (Å²) in [6.07, 6.45) is 2.01. The summed E-state index contributed by atoms with van der Waals surface area (Å²) >= 11 is 1.66. The standard InChI is InChI=1S/C15H19N3O3S/c1-16(8-11-4-6-12(22-3)7-5-11)13(19)10-18-14(20)9-17(2)15(18)21/h4-7H,8-10H2,1-3H3. The van der Waals surface area contributed by atoms with E-state index in [9.17, 15) is 14.4 Å². The lowest BCUT2D eigenvalue weighted by atomic mass is 10.2. The molecule has 118 valence electrons. The predicted molar refractivity (Wildman–Crippen MR) is 84.4 cm³/mol. The van der Waals surface area contributed by atoms with E-state index >= 15 is 0 Å². The smallest absolute Gasteiger partial charge is 0.327 e. The normalized spacial score (nSPS) is 14.7. The second-order valence-corrected chi connectivity index (χ2v) is 6.10. The van der Waals surface area contributed by atoms with Crippen molar-refractivity contribution in [2.24, 2.45) is 0 Å². The van der Waals surface area contributed by atoms with Crippen LogP contribution in [-0.4, -0.2) is 66.0 Å². The number of thioether (sulfide) groups is 1. The second-order valence-electron chi connectivity index (χ2n) is 5.22. The van der Waals surface area contributed by atoms with Crippen molar-refractivity contribution < 1.29 is 14.4 Å². The van der Waals surface area contributed by atoms with Crippen molar-refractivity contribution in [3.05, 3.63) is 29.8 Å². The molecule has 0 unspecified atom stereocenters. The number of hydrogen-bond donors (Lipinski definition) is 0. The minimum Gasteiger partial charge on any atom is -0.340 e. The van der Waals surface area contributed by atoms with Crippen LogP contribution < -0.4 is 0 Å². The van der Waals surface area contributed by atoms with Crippen LogP contribution in [0.25, 0.3) is 0 Å². The summed E-state index contributed by atoms with van der Waals surface area (Å²) in [5.74, 6) is -0.593. The maximum absolute atomic E-state index is 12.2. The Bertz CT molecular complexity index is 588. The second kappa shape index (κ2) is 6.83. The van der Waals surface area contributed by atoms with Gasteiger partial charge < -0.3 is 9.80 Å². The molecule has 22 heavy (non-hydrogen) atoms. The molecule has 0 atom stereocenters. The van der Waals surface area contributed by atoms with E-state index in [1.165, 1.54) is 9.80 Å². The lowest BCUT2D eigenvalue weighted by Crippen LogP contribution is -2.41. The summed E-state index contributed by atoms with van der Waals surface area (Å²) in [4.78, 5) is 40.6. The van der Waals surface area contributed by atoms with Crippen LogP contribution >= 0.6 is 11.8 Å². The van der Waals surface area contributed by atoms with Crippen molar-refractivity contribution in [3.8, 4) is 0 Å². The molecule has 1 aliphatic heterocycles. The molecule has 1 heterocycles. The van der Waals surface area contributed by atoms with Gasteiger partial charge in [0.25, 0.3) is 5.91 Å². The van der Waals surface area contributed by atoms with E-state index in [2.05, 4.69) is 0 Å². The first-order chi connectivity index (χ1) is 10.4. The molecule has 0 spiro atoms. The number of carbonyl (C=O) groups is 3. The molecule has 7 heteroatoms. The van der Waals surface area contributed by atoms with Gasteiger partial charge in [0, 0.05) is 25.5 Å². The molecule has 6 nitrogen and oxygen atoms in total. The van der Waals surface area contributed by atoms with E-state index in [0.29, 0.717) is 6.54 Å². The highest BCUT2D eigenvalue weighted by Gasteiger charge is 2.35. The average molecular weight is 321 g/mol. The summed E-state index contributed by atoms with van der Waals surface area (Å²) in [6.45, 7) is 0.271. The van der Waals surface area contributed by atoms with Gasteiger partial charge in [-0.1, -0.05) is 12.1 Å². The molecule has 4 amide bonds. The first kappa shape index (κ1) is 16.4. The third-order valence-corrected chi connectivity index (χ3v) is 4.27. The van der Waals surface area contributed by atoms with Crippen LogP contribution in [0.3, 0.4) is 0 Å². The molecule has 1 aromatic rings. The van der Waals surface area contributed by atoms with Gasteiger partial charge >= 0.3 is 6.03 Å². The van der Waals surface area contributed by atoms with Crippen LogP contribution in [0.4, 0.5) is 4.79 Å².